The van der Waals surface area contributed by atoms with E-state index < -0.39 is 0 Å². The van der Waals surface area contributed by atoms with Crippen LogP contribution in [0.3, 0.4) is 0 Å². The number of esters is 1. The molecule has 1 fully saturated rings. The first-order valence-corrected chi connectivity index (χ1v) is 11.2. The van der Waals surface area contributed by atoms with Crippen molar-refractivity contribution in [2.24, 2.45) is 0 Å². The summed E-state index contributed by atoms with van der Waals surface area (Å²) in [5.41, 5.74) is 2.38. The molecule has 1 saturated heterocycles. The van der Waals surface area contributed by atoms with Gasteiger partial charge in [0.1, 0.15) is 9.90 Å². The van der Waals surface area contributed by atoms with Crippen molar-refractivity contribution in [3.8, 4) is 0 Å². The van der Waals surface area contributed by atoms with Gasteiger partial charge in [0, 0.05) is 5.03 Å². The average Bonchev–Trinajstić information content (AvgIpc) is 2.74. The number of rotatable bonds is 5. The third-order valence-corrected chi connectivity index (χ3v) is 7.95. The van der Waals surface area contributed by atoms with Crippen molar-refractivity contribution in [2.75, 3.05) is 18.6 Å². The molecule has 0 saturated carbocycles. The molecule has 1 heterocycles. The van der Waals surface area contributed by atoms with Gasteiger partial charge in [-0.3, -0.25) is 0 Å². The van der Waals surface area contributed by atoms with Crippen LogP contribution in [0.5, 0.6) is 0 Å². The van der Waals surface area contributed by atoms with Crippen LogP contribution in [0.4, 0.5) is 4.39 Å². The number of carbonyl (C=O) groups is 1. The Morgan fingerprint density at radius 1 is 1.07 bits per heavy atom. The summed E-state index contributed by atoms with van der Waals surface area (Å²) >= 11 is 10.1. The van der Waals surface area contributed by atoms with Crippen molar-refractivity contribution < 1.29 is 13.9 Å². The fourth-order valence-electron chi connectivity index (χ4n) is 2.83. The van der Waals surface area contributed by atoms with E-state index in [1.165, 1.54) is 19.2 Å². The lowest BCUT2D eigenvalue weighted by atomic mass is 10.1. The van der Waals surface area contributed by atoms with Crippen molar-refractivity contribution >= 4 is 46.1 Å². The monoisotopic (exact) mass is 434 g/mol. The van der Waals surface area contributed by atoms with Crippen LogP contribution in [-0.2, 0) is 8.82 Å². The second-order valence-corrected chi connectivity index (χ2v) is 9.51. The number of allylic oxidation sites excluding steroid dienone is 2. The molecule has 0 aromatic heterocycles. The Labute approximate surface area is 178 Å². The summed E-state index contributed by atoms with van der Waals surface area (Å²) < 4.78 is 17.8. The Kier molecular flexibility index (Phi) is 7.27. The van der Waals surface area contributed by atoms with E-state index in [-0.39, 0.29) is 15.9 Å². The molecular weight excluding hydrogens is 415 g/mol. The topological polar surface area (TPSA) is 26.3 Å². The minimum absolute atomic E-state index is 0.230. The Morgan fingerprint density at radius 3 is 2.29 bits per heavy atom. The summed E-state index contributed by atoms with van der Waals surface area (Å²) in [6.07, 6.45) is 7.08. The lowest BCUT2D eigenvalue weighted by Crippen LogP contribution is -2.20. The molecular formula is C22H20ClFO2S2. The summed E-state index contributed by atoms with van der Waals surface area (Å²) in [6.45, 7) is 0. The van der Waals surface area contributed by atoms with E-state index >= 15 is 0 Å². The van der Waals surface area contributed by atoms with Crippen LogP contribution in [0.15, 0.2) is 66.8 Å². The normalized spacial score (nSPS) is 16.9. The van der Waals surface area contributed by atoms with E-state index in [1.54, 1.807) is 24.3 Å². The van der Waals surface area contributed by atoms with E-state index in [0.717, 1.165) is 29.1 Å². The molecule has 0 aliphatic carbocycles. The lowest BCUT2D eigenvalue weighted by Gasteiger charge is -2.33. The second-order valence-electron chi connectivity index (χ2n) is 6.17. The number of hydrogen-bond acceptors (Lipinski definition) is 4. The van der Waals surface area contributed by atoms with Gasteiger partial charge in [0.05, 0.1) is 12.7 Å². The highest BCUT2D eigenvalue weighted by Gasteiger charge is 2.32. The molecule has 146 valence electrons. The zero-order valence-electron chi connectivity index (χ0n) is 15.4. The van der Waals surface area contributed by atoms with Gasteiger partial charge in [0.25, 0.3) is 0 Å². The molecule has 0 radical (unpaired) electrons. The Balaban J connectivity index is 1.80. The summed E-state index contributed by atoms with van der Waals surface area (Å²) in [6, 6.07) is 13.7. The zero-order valence-corrected chi connectivity index (χ0v) is 17.8. The third kappa shape index (κ3) is 5.02. The van der Waals surface area contributed by atoms with Gasteiger partial charge in [0.15, 0.2) is 0 Å². The van der Waals surface area contributed by atoms with Gasteiger partial charge >= 0.3 is 5.97 Å². The number of hydrogen-bond donors (Lipinski definition) is 0. The van der Waals surface area contributed by atoms with E-state index in [0.29, 0.717) is 10.6 Å². The van der Waals surface area contributed by atoms with Crippen molar-refractivity contribution in [1.29, 1.82) is 0 Å². The fourth-order valence-corrected chi connectivity index (χ4v) is 6.18. The molecule has 28 heavy (non-hydrogen) atoms. The van der Waals surface area contributed by atoms with Gasteiger partial charge in [-0.05, 0) is 59.4 Å². The van der Waals surface area contributed by atoms with Crippen LogP contribution in [0.1, 0.15) is 27.9 Å². The quantitative estimate of drug-likeness (QED) is 0.398. The summed E-state index contributed by atoms with van der Waals surface area (Å²) in [4.78, 5) is 11.5. The van der Waals surface area contributed by atoms with Gasteiger partial charge < -0.3 is 4.74 Å². The first-order chi connectivity index (χ1) is 13.5. The van der Waals surface area contributed by atoms with Crippen LogP contribution in [0, 0.1) is 5.82 Å². The maximum absolute atomic E-state index is 13.3. The van der Waals surface area contributed by atoms with Gasteiger partial charge in [-0.2, -0.15) is 0 Å². The highest BCUT2D eigenvalue weighted by molar-refractivity contribution is 8.18. The van der Waals surface area contributed by atoms with Gasteiger partial charge in [-0.15, -0.1) is 23.5 Å². The maximum Gasteiger partial charge on any atom is 0.337 e. The van der Waals surface area contributed by atoms with E-state index in [2.05, 4.69) is 6.08 Å². The predicted octanol–water partition coefficient (Wildman–Crippen LogP) is 6.47. The largest absolute Gasteiger partial charge is 0.465 e. The van der Waals surface area contributed by atoms with Crippen molar-refractivity contribution in [2.45, 2.75) is 10.5 Å². The predicted molar refractivity (Wildman–Crippen MR) is 118 cm³/mol. The van der Waals surface area contributed by atoms with E-state index in [4.69, 9.17) is 16.3 Å². The number of benzene rings is 2. The number of carbonyl (C=O) groups excluding carboxylic acids is 1. The molecule has 0 spiro atoms. The molecule has 2 aromatic rings. The third-order valence-electron chi connectivity index (χ3n) is 4.31. The lowest BCUT2D eigenvalue weighted by molar-refractivity contribution is 0.0600. The Hall–Kier alpha value is -1.69. The molecule has 0 N–H and O–H groups in total. The second kappa shape index (κ2) is 9.68. The number of halogens is 2. The van der Waals surface area contributed by atoms with Crippen LogP contribution >= 0.6 is 35.1 Å². The fraction of sp³-hybridized carbons (Fsp3) is 0.227. The molecule has 0 amide bonds. The summed E-state index contributed by atoms with van der Waals surface area (Å²) in [5.74, 6) is 1.51. The molecule has 2 aromatic carbocycles. The maximum atomic E-state index is 13.3. The van der Waals surface area contributed by atoms with Crippen molar-refractivity contribution in [3.63, 3.8) is 0 Å². The number of ether oxygens (including phenoxy) is 1. The highest BCUT2D eigenvalue weighted by atomic mass is 35.5. The SMILES string of the molecule is COC(=O)c1ccc(/C(Cl)=C/C=C/C2(c3ccc(F)cc3)SCCCS2)cc1. The van der Waals surface area contributed by atoms with Gasteiger partial charge in [-0.1, -0.05) is 48.0 Å². The molecule has 0 atom stereocenters. The number of thioether (sulfide) groups is 2. The van der Waals surface area contributed by atoms with E-state index in [1.807, 2.05) is 47.8 Å². The molecule has 1 aliphatic rings. The Bertz CT molecular complexity index is 870. The molecule has 2 nitrogen and oxygen atoms in total. The first-order valence-electron chi connectivity index (χ1n) is 8.82. The van der Waals surface area contributed by atoms with Crippen molar-refractivity contribution in [1.82, 2.24) is 0 Å². The van der Waals surface area contributed by atoms with E-state index in [9.17, 15) is 9.18 Å². The smallest absolute Gasteiger partial charge is 0.337 e. The number of methoxy groups -OCH3 is 1. The van der Waals surface area contributed by atoms with Crippen molar-refractivity contribution in [3.05, 3.63) is 89.3 Å². The van der Waals surface area contributed by atoms with Gasteiger partial charge in [0.2, 0.25) is 0 Å². The zero-order chi connectivity index (χ0) is 20.0. The van der Waals surface area contributed by atoms with Crippen LogP contribution < -0.4 is 0 Å². The van der Waals surface area contributed by atoms with Crippen LogP contribution in [0.25, 0.3) is 5.03 Å². The molecule has 0 unspecified atom stereocenters. The minimum Gasteiger partial charge on any atom is -0.465 e. The molecule has 1 aliphatic heterocycles. The standard InChI is InChI=1S/C22H20ClFO2S2/c1-26-21(25)17-7-5-16(6-8-17)20(23)4-2-13-22(27-14-3-15-28-22)18-9-11-19(24)12-10-18/h2,4-13H,3,14-15H2,1H3/b13-2+,20-4-. The van der Waals surface area contributed by atoms with Gasteiger partial charge in [-0.25, -0.2) is 9.18 Å². The first kappa shape index (κ1) is 21.0. The molecule has 3 rings (SSSR count). The average molecular weight is 435 g/mol. The summed E-state index contributed by atoms with van der Waals surface area (Å²) in [5, 5.41) is 0.577. The van der Waals surface area contributed by atoms with Crippen LogP contribution in [0.2, 0.25) is 0 Å². The highest BCUT2D eigenvalue weighted by Crippen LogP contribution is 2.51. The Morgan fingerprint density at radius 2 is 1.68 bits per heavy atom. The minimum atomic E-state index is -0.376. The molecule has 0 bridgehead atoms. The van der Waals surface area contributed by atoms with Crippen LogP contribution in [-0.4, -0.2) is 24.6 Å². The molecule has 6 heteroatoms. The summed E-state index contributed by atoms with van der Waals surface area (Å²) in [7, 11) is 1.35.